The van der Waals surface area contributed by atoms with Gasteiger partial charge >= 0.3 is 0 Å². The molecule has 0 bridgehead atoms. The number of anilines is 1. The van der Waals surface area contributed by atoms with Crippen molar-refractivity contribution in [1.82, 2.24) is 0 Å². The lowest BCUT2D eigenvalue weighted by Gasteiger charge is -2.23. The minimum absolute atomic E-state index is 0.0838. The summed E-state index contributed by atoms with van der Waals surface area (Å²) in [5, 5.41) is 0. The summed E-state index contributed by atoms with van der Waals surface area (Å²) in [7, 11) is 1.91. The molecule has 0 aliphatic heterocycles. The first-order valence-electron chi connectivity index (χ1n) is 5.94. The van der Waals surface area contributed by atoms with Crippen LogP contribution in [0.5, 0.6) is 0 Å². The van der Waals surface area contributed by atoms with E-state index in [9.17, 15) is 4.39 Å². The van der Waals surface area contributed by atoms with Crippen LogP contribution in [-0.2, 0) is 0 Å². The molecule has 1 atom stereocenters. The lowest BCUT2D eigenvalue weighted by atomic mass is 10.1. The highest BCUT2D eigenvalue weighted by Crippen LogP contribution is 2.17. The minimum atomic E-state index is -0.229. The van der Waals surface area contributed by atoms with Crippen LogP contribution in [0.4, 0.5) is 10.1 Å². The number of likely N-dealkylation sites (N-methyl/N-ethyl adjacent to an activating group) is 1. The number of benzene rings is 2. The molecule has 2 aromatic carbocycles. The van der Waals surface area contributed by atoms with Crippen molar-refractivity contribution in [3.8, 4) is 0 Å². The van der Waals surface area contributed by atoms with Crippen LogP contribution in [0.2, 0.25) is 0 Å². The van der Waals surface area contributed by atoms with Crippen LogP contribution in [0.1, 0.15) is 11.6 Å². The quantitative estimate of drug-likeness (QED) is 0.896. The maximum Gasteiger partial charge on any atom is 0.125 e. The van der Waals surface area contributed by atoms with Gasteiger partial charge in [0.1, 0.15) is 5.82 Å². The highest BCUT2D eigenvalue weighted by Gasteiger charge is 2.09. The number of halogens is 1. The Bertz CT molecular complexity index is 499. The normalized spacial score (nSPS) is 12.2. The Labute approximate surface area is 107 Å². The summed E-state index contributed by atoms with van der Waals surface area (Å²) >= 11 is 0. The molecule has 0 amide bonds. The van der Waals surface area contributed by atoms with Crippen molar-refractivity contribution in [3.05, 3.63) is 66.0 Å². The van der Waals surface area contributed by atoms with Crippen molar-refractivity contribution < 1.29 is 4.39 Å². The zero-order valence-electron chi connectivity index (χ0n) is 10.4. The van der Waals surface area contributed by atoms with Crippen molar-refractivity contribution in [1.29, 1.82) is 0 Å². The molecule has 0 aromatic heterocycles. The zero-order valence-corrected chi connectivity index (χ0v) is 10.4. The highest BCUT2D eigenvalue weighted by molar-refractivity contribution is 5.46. The molecule has 2 rings (SSSR count). The van der Waals surface area contributed by atoms with E-state index in [0.717, 1.165) is 11.3 Å². The standard InChI is InChI=1S/C15H17FN2/c1-18(14-9-5-8-13(16)10-14)11-15(17)12-6-3-2-4-7-12/h2-10,15H,11,17H2,1H3. The fourth-order valence-corrected chi connectivity index (χ4v) is 1.92. The number of rotatable bonds is 4. The van der Waals surface area contributed by atoms with Gasteiger partial charge in [0.15, 0.2) is 0 Å². The molecule has 2 aromatic rings. The van der Waals surface area contributed by atoms with Crippen molar-refractivity contribution in [2.24, 2.45) is 5.73 Å². The Morgan fingerprint density at radius 2 is 1.83 bits per heavy atom. The van der Waals surface area contributed by atoms with Gasteiger partial charge in [-0.3, -0.25) is 0 Å². The molecule has 0 saturated carbocycles. The highest BCUT2D eigenvalue weighted by atomic mass is 19.1. The molecule has 0 aliphatic carbocycles. The van der Waals surface area contributed by atoms with Gasteiger partial charge in [0, 0.05) is 25.3 Å². The predicted molar refractivity (Wildman–Crippen MR) is 73.0 cm³/mol. The van der Waals surface area contributed by atoms with Gasteiger partial charge in [0.25, 0.3) is 0 Å². The number of nitrogens with zero attached hydrogens (tertiary/aromatic N) is 1. The number of nitrogens with two attached hydrogens (primary N) is 1. The molecular formula is C15H17FN2. The topological polar surface area (TPSA) is 29.3 Å². The third-order valence-corrected chi connectivity index (χ3v) is 2.95. The molecule has 0 heterocycles. The van der Waals surface area contributed by atoms with E-state index in [1.807, 2.05) is 48.3 Å². The minimum Gasteiger partial charge on any atom is -0.373 e. The molecule has 3 heteroatoms. The van der Waals surface area contributed by atoms with Crippen molar-refractivity contribution >= 4 is 5.69 Å². The van der Waals surface area contributed by atoms with Crippen LogP contribution < -0.4 is 10.6 Å². The van der Waals surface area contributed by atoms with Crippen LogP contribution in [0, 0.1) is 5.82 Å². The second-order valence-corrected chi connectivity index (χ2v) is 4.38. The fourth-order valence-electron chi connectivity index (χ4n) is 1.92. The van der Waals surface area contributed by atoms with E-state index in [4.69, 9.17) is 5.73 Å². The van der Waals surface area contributed by atoms with E-state index in [0.29, 0.717) is 6.54 Å². The molecule has 0 radical (unpaired) electrons. The summed E-state index contributed by atoms with van der Waals surface area (Å²) in [6, 6.07) is 16.4. The van der Waals surface area contributed by atoms with Crippen molar-refractivity contribution in [3.63, 3.8) is 0 Å². The van der Waals surface area contributed by atoms with Crippen molar-refractivity contribution in [2.45, 2.75) is 6.04 Å². The van der Waals surface area contributed by atoms with Crippen LogP contribution in [0.3, 0.4) is 0 Å². The third kappa shape index (κ3) is 3.08. The summed E-state index contributed by atoms with van der Waals surface area (Å²) in [5.41, 5.74) is 8.05. The molecule has 0 fully saturated rings. The van der Waals surface area contributed by atoms with Crippen molar-refractivity contribution in [2.75, 3.05) is 18.5 Å². The van der Waals surface area contributed by atoms with Gasteiger partial charge in [-0.1, -0.05) is 36.4 Å². The van der Waals surface area contributed by atoms with E-state index in [1.54, 1.807) is 6.07 Å². The molecule has 1 unspecified atom stereocenters. The van der Waals surface area contributed by atoms with E-state index in [-0.39, 0.29) is 11.9 Å². The maximum absolute atomic E-state index is 13.1. The Kier molecular flexibility index (Phi) is 3.95. The average Bonchev–Trinajstić information content (AvgIpc) is 2.39. The second kappa shape index (κ2) is 5.65. The Morgan fingerprint density at radius 1 is 1.11 bits per heavy atom. The maximum atomic E-state index is 13.1. The van der Waals surface area contributed by atoms with Crippen LogP contribution in [-0.4, -0.2) is 13.6 Å². The van der Waals surface area contributed by atoms with Gasteiger partial charge in [0.05, 0.1) is 0 Å². The van der Waals surface area contributed by atoms with E-state index in [1.165, 1.54) is 12.1 Å². The predicted octanol–water partition coefficient (Wildman–Crippen LogP) is 2.96. The van der Waals surface area contributed by atoms with Gasteiger partial charge in [-0.2, -0.15) is 0 Å². The Hall–Kier alpha value is -1.87. The Morgan fingerprint density at radius 3 is 2.50 bits per heavy atom. The molecule has 0 aliphatic rings. The lowest BCUT2D eigenvalue weighted by Crippen LogP contribution is -2.28. The number of hydrogen-bond donors (Lipinski definition) is 1. The van der Waals surface area contributed by atoms with E-state index in [2.05, 4.69) is 0 Å². The molecule has 0 saturated heterocycles. The first kappa shape index (κ1) is 12.6. The van der Waals surface area contributed by atoms with Gasteiger partial charge < -0.3 is 10.6 Å². The molecule has 18 heavy (non-hydrogen) atoms. The summed E-state index contributed by atoms with van der Waals surface area (Å²) < 4.78 is 13.1. The van der Waals surface area contributed by atoms with Gasteiger partial charge in [0.2, 0.25) is 0 Å². The van der Waals surface area contributed by atoms with E-state index >= 15 is 0 Å². The Balaban J connectivity index is 2.05. The smallest absolute Gasteiger partial charge is 0.125 e. The van der Waals surface area contributed by atoms with Gasteiger partial charge in [-0.05, 0) is 23.8 Å². The molecule has 2 nitrogen and oxygen atoms in total. The van der Waals surface area contributed by atoms with Gasteiger partial charge in [-0.15, -0.1) is 0 Å². The first-order chi connectivity index (χ1) is 8.66. The first-order valence-corrected chi connectivity index (χ1v) is 5.94. The summed E-state index contributed by atoms with van der Waals surface area (Å²) in [6.07, 6.45) is 0. The van der Waals surface area contributed by atoms with Crippen LogP contribution in [0.15, 0.2) is 54.6 Å². The fraction of sp³-hybridized carbons (Fsp3) is 0.200. The third-order valence-electron chi connectivity index (χ3n) is 2.95. The SMILES string of the molecule is CN(CC(N)c1ccccc1)c1cccc(F)c1. The monoisotopic (exact) mass is 244 g/mol. The van der Waals surface area contributed by atoms with Crippen LogP contribution >= 0.6 is 0 Å². The zero-order chi connectivity index (χ0) is 13.0. The summed E-state index contributed by atoms with van der Waals surface area (Å²) in [4.78, 5) is 1.96. The largest absolute Gasteiger partial charge is 0.373 e. The molecular weight excluding hydrogens is 227 g/mol. The van der Waals surface area contributed by atoms with Gasteiger partial charge in [-0.25, -0.2) is 4.39 Å². The number of hydrogen-bond acceptors (Lipinski definition) is 2. The molecule has 94 valence electrons. The summed E-state index contributed by atoms with van der Waals surface area (Å²) in [5.74, 6) is -0.229. The second-order valence-electron chi connectivity index (χ2n) is 4.38. The average molecular weight is 244 g/mol. The summed E-state index contributed by atoms with van der Waals surface area (Å²) in [6.45, 7) is 0.646. The lowest BCUT2D eigenvalue weighted by molar-refractivity contribution is 0.625. The molecule has 2 N–H and O–H groups in total. The van der Waals surface area contributed by atoms with E-state index < -0.39 is 0 Å². The van der Waals surface area contributed by atoms with Crippen LogP contribution in [0.25, 0.3) is 0 Å². The molecule has 0 spiro atoms.